The summed E-state index contributed by atoms with van der Waals surface area (Å²) in [7, 11) is -11.7. The van der Waals surface area contributed by atoms with E-state index in [4.69, 9.17) is 60.3 Å². The molecule has 0 fully saturated rings. The maximum Gasteiger partial charge on any atom is 1.00 e. The average Bonchev–Trinajstić information content (AvgIpc) is 1.76. The van der Waals surface area contributed by atoms with Gasteiger partial charge in [-0.2, -0.15) is 0 Å². The van der Waals surface area contributed by atoms with Crippen molar-refractivity contribution in [3.63, 3.8) is 0 Å². The third-order valence-corrected chi connectivity index (χ3v) is 0. The Bertz CT molecular complexity index is 78.9. The first kappa shape index (κ1) is 156. The van der Waals surface area contributed by atoms with Gasteiger partial charge in [0.25, 0.3) is 0 Å². The number of hydrogen-bond acceptors (Lipinski definition) is 12. The molecule has 0 aliphatic carbocycles. The molecule has 0 radical (unpaired) electrons. The fourth-order valence-electron chi connectivity index (χ4n) is 0. The molecule has 0 aromatic heterocycles. The standard InChI is InChI=1S/4BO3.5Na.10H2O/c4*2-1(3)4;;;;;;;;;;;;;;;/h;;;;;;;;;10*1H2/q4*-3;5*+1;;;;;;;;;;. The minimum atomic E-state index is -2.92. The van der Waals surface area contributed by atoms with Crippen molar-refractivity contribution in [3.05, 3.63) is 0 Å². The van der Waals surface area contributed by atoms with E-state index in [9.17, 15) is 0 Å². The van der Waals surface area contributed by atoms with E-state index in [0.29, 0.717) is 0 Å². The summed E-state index contributed by atoms with van der Waals surface area (Å²) in [5.74, 6) is 0. The van der Waals surface area contributed by atoms with Crippen molar-refractivity contribution < 1.29 is 263 Å². The zero-order valence-corrected chi connectivity index (χ0v) is 27.2. The molecule has 0 unspecified atom stereocenters. The fraction of sp³-hybridized carbons (Fsp3) is 0. The summed E-state index contributed by atoms with van der Waals surface area (Å²) in [6.07, 6.45) is 0. The molecular weight excluding hydrogens is 510 g/mol. The third kappa shape index (κ3) is 1880. The molecule has 0 aliphatic rings. The average molecular weight is 530 g/mol. The Hall–Kier alpha value is 4.38. The van der Waals surface area contributed by atoms with Crippen LogP contribution < -0.4 is 208 Å². The molecule has 0 rings (SSSR count). The molecule has 0 atom stereocenters. The summed E-state index contributed by atoms with van der Waals surface area (Å²) in [6.45, 7) is 0. The van der Waals surface area contributed by atoms with Gasteiger partial charge in [-0.3, -0.25) is 29.3 Å². The molecule has 0 spiro atoms. The van der Waals surface area contributed by atoms with E-state index in [1.807, 2.05) is 0 Å². The van der Waals surface area contributed by atoms with Crippen molar-refractivity contribution in [3.8, 4) is 0 Å². The smallest absolute Gasteiger partial charge is 0.907 e. The Morgan fingerprint density at radius 2 is 0.194 bits per heavy atom. The van der Waals surface area contributed by atoms with Crippen molar-refractivity contribution >= 4 is 29.3 Å². The molecule has 0 bridgehead atoms. The van der Waals surface area contributed by atoms with Gasteiger partial charge in [0.1, 0.15) is 0 Å². The Morgan fingerprint density at radius 3 is 0.194 bits per heavy atom. The van der Waals surface area contributed by atoms with E-state index in [1.165, 1.54) is 0 Å². The zero-order chi connectivity index (χ0) is 14.3. The maximum absolute atomic E-state index is 8.42. The summed E-state index contributed by atoms with van der Waals surface area (Å²) in [5.41, 5.74) is 0. The minimum Gasteiger partial charge on any atom is -0.907 e. The van der Waals surface area contributed by atoms with Crippen LogP contribution in [0.5, 0.6) is 0 Å². The molecule has 0 amide bonds. The second-order valence-electron chi connectivity index (χ2n) is 1.15. The molecule has 31 heteroatoms. The summed E-state index contributed by atoms with van der Waals surface area (Å²) in [5, 5.41) is 101. The molecule has 22 nitrogen and oxygen atoms in total. The Morgan fingerprint density at radius 1 is 0.194 bits per heavy atom. The first-order chi connectivity index (χ1) is 6.93. The van der Waals surface area contributed by atoms with Gasteiger partial charge in [-0.25, -0.2) is 0 Å². The zero-order valence-electron chi connectivity index (χ0n) is 17.2. The molecule has 0 aromatic carbocycles. The van der Waals surface area contributed by atoms with Gasteiger partial charge < -0.3 is 115 Å². The first-order valence-corrected chi connectivity index (χ1v) is 2.83. The van der Waals surface area contributed by atoms with E-state index in [-0.39, 0.29) is 203 Å². The van der Waals surface area contributed by atoms with E-state index in [0.717, 1.165) is 0 Å². The monoisotopic (exact) mass is 531 g/mol. The van der Waals surface area contributed by atoms with Crippen molar-refractivity contribution in [2.24, 2.45) is 0 Å². The van der Waals surface area contributed by atoms with Crippen molar-refractivity contribution in [1.29, 1.82) is 0 Å². The topological polar surface area (TPSA) is 592 Å². The third-order valence-electron chi connectivity index (χ3n) is 0. The van der Waals surface area contributed by atoms with Crippen LogP contribution in [0.1, 0.15) is 0 Å². The molecule has 0 saturated heterocycles. The van der Waals surface area contributed by atoms with Gasteiger partial charge in [0.2, 0.25) is 0 Å². The van der Waals surface area contributed by atoms with E-state index in [1.54, 1.807) is 0 Å². The molecule has 176 valence electrons. The summed E-state index contributed by atoms with van der Waals surface area (Å²) in [4.78, 5) is 0. The van der Waals surface area contributed by atoms with E-state index in [2.05, 4.69) is 0 Å². The van der Waals surface area contributed by atoms with Crippen LogP contribution in [0.15, 0.2) is 0 Å². The van der Waals surface area contributed by atoms with E-state index >= 15 is 0 Å². The Balaban J connectivity index is -0.00000000314. The Labute approximate surface area is 288 Å². The van der Waals surface area contributed by atoms with Gasteiger partial charge in [0.05, 0.1) is 0 Å². The maximum atomic E-state index is 8.42. The van der Waals surface area contributed by atoms with Gasteiger partial charge in [-0.15, -0.1) is 0 Å². The van der Waals surface area contributed by atoms with Gasteiger partial charge in [0.15, 0.2) is 0 Å². The van der Waals surface area contributed by atoms with Crippen LogP contribution in [-0.4, -0.2) is 84.0 Å². The first-order valence-electron chi connectivity index (χ1n) is 2.83. The van der Waals surface area contributed by atoms with Crippen molar-refractivity contribution in [2.45, 2.75) is 0 Å². The van der Waals surface area contributed by atoms with Crippen LogP contribution >= 0.6 is 0 Å². The van der Waals surface area contributed by atoms with Crippen molar-refractivity contribution in [1.82, 2.24) is 0 Å². The predicted molar refractivity (Wildman–Crippen MR) is 59.2 cm³/mol. The largest absolute Gasteiger partial charge is 1.00 e. The molecule has 31 heavy (non-hydrogen) atoms. The molecule has 20 N–H and O–H groups in total. The molecular formula is H20B4Na5O22-7. The summed E-state index contributed by atoms with van der Waals surface area (Å²) in [6, 6.07) is 0. The Kier molecular flexibility index (Phi) is 718. The predicted octanol–water partition coefficient (Wildman–Crippen LogP) is -39.0. The molecule has 0 aliphatic heterocycles. The van der Waals surface area contributed by atoms with Gasteiger partial charge >= 0.3 is 148 Å². The number of hydrogen-bond donors (Lipinski definition) is 0. The van der Waals surface area contributed by atoms with Crippen LogP contribution in [0.25, 0.3) is 0 Å². The second kappa shape index (κ2) is 143. The van der Waals surface area contributed by atoms with Crippen LogP contribution in [0.2, 0.25) is 0 Å². The quantitative estimate of drug-likeness (QED) is 0.263. The van der Waals surface area contributed by atoms with Gasteiger partial charge in [-0.1, -0.05) is 0 Å². The normalized spacial score (nSPS) is 3.48. The fourth-order valence-corrected chi connectivity index (χ4v) is 0. The van der Waals surface area contributed by atoms with E-state index < -0.39 is 29.3 Å². The summed E-state index contributed by atoms with van der Waals surface area (Å²) < 4.78 is 0. The minimum absolute atomic E-state index is 0. The SMILES string of the molecule is O.O.O.O.O.O.O.O.O.O.[Na+].[Na+].[Na+].[Na+].[Na+].[O-]B([O-])[O-].[O-]B([O-])[O-].[O-]B([O-])[O-].[O-]B([O-])[O-]. The van der Waals surface area contributed by atoms with Crippen LogP contribution in [-0.2, 0) is 0 Å². The van der Waals surface area contributed by atoms with Gasteiger partial charge in [-0.05, 0) is 0 Å². The number of rotatable bonds is 0. The molecule has 0 aromatic rings. The summed E-state index contributed by atoms with van der Waals surface area (Å²) >= 11 is 0. The van der Waals surface area contributed by atoms with Crippen LogP contribution in [0, 0.1) is 0 Å². The molecule has 0 heterocycles. The van der Waals surface area contributed by atoms with Crippen LogP contribution in [0.3, 0.4) is 0 Å². The van der Waals surface area contributed by atoms with Gasteiger partial charge in [0, 0.05) is 0 Å². The second-order valence-corrected chi connectivity index (χ2v) is 1.15. The van der Waals surface area contributed by atoms with Crippen molar-refractivity contribution in [2.75, 3.05) is 0 Å². The van der Waals surface area contributed by atoms with Crippen LogP contribution in [0.4, 0.5) is 0 Å². The molecule has 0 saturated carbocycles.